The molecule has 0 saturated carbocycles. The zero-order chi connectivity index (χ0) is 38.6. The lowest BCUT2D eigenvalue weighted by molar-refractivity contribution is 0.669. The fourth-order valence-electron chi connectivity index (χ4n) is 9.36. The van der Waals surface area contributed by atoms with Crippen molar-refractivity contribution >= 4 is 121 Å². The van der Waals surface area contributed by atoms with Gasteiger partial charge in [-0.3, -0.25) is 4.98 Å². The smallest absolute Gasteiger partial charge is 0.135 e. The molecule has 59 heavy (non-hydrogen) atoms. The lowest BCUT2D eigenvalue weighted by Crippen LogP contribution is -2.20. The summed E-state index contributed by atoms with van der Waals surface area (Å²) in [5.74, 6) is 0. The highest BCUT2D eigenvalue weighted by atomic mass is 32.1. The van der Waals surface area contributed by atoms with Crippen LogP contribution in [0.1, 0.15) is 0 Å². The number of benzene rings is 8. The Bertz CT molecular complexity index is 3590. The number of thiophene rings is 1. The van der Waals surface area contributed by atoms with Gasteiger partial charge in [0.2, 0.25) is 0 Å². The monoisotopic (exact) mass is 789 g/mol. The molecular weight excluding hydrogens is 758 g/mol. The Hall–Kier alpha value is -7.04. The highest BCUT2D eigenvalue weighted by molar-refractivity contribution is 7.79. The summed E-state index contributed by atoms with van der Waals surface area (Å²) in [6.07, 6.45) is 1.90. The molecule has 0 amide bonds. The Morgan fingerprint density at radius 2 is 0.966 bits per heavy atom. The van der Waals surface area contributed by atoms with Gasteiger partial charge in [-0.15, -0.1) is 11.3 Å². The zero-order valence-corrected chi connectivity index (χ0v) is 33.3. The van der Waals surface area contributed by atoms with Gasteiger partial charge in [-0.05, 0) is 115 Å². The van der Waals surface area contributed by atoms with Gasteiger partial charge in [0.05, 0.1) is 32.3 Å². The minimum Gasteiger partial charge on any atom is -0.456 e. The van der Waals surface area contributed by atoms with E-state index in [2.05, 4.69) is 179 Å². The molecule has 0 aliphatic heterocycles. The van der Waals surface area contributed by atoms with Crippen molar-refractivity contribution < 1.29 is 4.42 Å². The third kappa shape index (κ3) is 4.96. The molecule has 1 atom stereocenters. The van der Waals surface area contributed by atoms with Crippen molar-refractivity contribution in [1.82, 2.24) is 14.1 Å². The van der Waals surface area contributed by atoms with Gasteiger partial charge in [-0.1, -0.05) is 97.1 Å². The van der Waals surface area contributed by atoms with Gasteiger partial charge in [0.25, 0.3) is 0 Å². The molecule has 0 aliphatic rings. The van der Waals surface area contributed by atoms with E-state index in [0.717, 1.165) is 38.8 Å². The van der Waals surface area contributed by atoms with Crippen molar-refractivity contribution in [2.75, 3.05) is 0 Å². The number of para-hydroxylation sites is 3. The van der Waals surface area contributed by atoms with Crippen molar-refractivity contribution in [1.29, 1.82) is 0 Å². The Balaban J connectivity index is 0.999. The third-order valence-corrected chi connectivity index (χ3v) is 15.5. The summed E-state index contributed by atoms with van der Waals surface area (Å²) >= 11 is 1.80. The molecule has 0 fully saturated rings. The maximum atomic E-state index is 6.22. The van der Waals surface area contributed by atoms with Crippen molar-refractivity contribution in [3.63, 3.8) is 0 Å². The Kier molecular flexibility index (Phi) is 7.12. The van der Waals surface area contributed by atoms with E-state index < -0.39 is 7.92 Å². The van der Waals surface area contributed by atoms with E-state index in [4.69, 9.17) is 9.40 Å². The second kappa shape index (κ2) is 12.7. The molecule has 6 heteroatoms. The van der Waals surface area contributed by atoms with Crippen molar-refractivity contribution in [3.8, 4) is 11.4 Å². The van der Waals surface area contributed by atoms with Crippen LogP contribution < -0.4 is 15.9 Å². The number of nitrogens with zero attached hydrogens (tertiary/aromatic N) is 3. The molecule has 1 unspecified atom stereocenters. The number of pyridine rings is 1. The molecule has 5 aromatic heterocycles. The number of hydrogen-bond acceptors (Lipinski definition) is 3. The van der Waals surface area contributed by atoms with Crippen LogP contribution in [0.4, 0.5) is 0 Å². The van der Waals surface area contributed by atoms with Gasteiger partial charge in [0.1, 0.15) is 11.2 Å². The van der Waals surface area contributed by atoms with Crippen LogP contribution >= 0.6 is 19.3 Å². The fourth-order valence-corrected chi connectivity index (χ4v) is 12.7. The van der Waals surface area contributed by atoms with E-state index in [-0.39, 0.29) is 0 Å². The highest BCUT2D eigenvalue weighted by Gasteiger charge is 2.22. The first kappa shape index (κ1) is 33.0. The number of hydrogen-bond donors (Lipinski definition) is 0. The van der Waals surface area contributed by atoms with E-state index in [1.807, 2.05) is 24.4 Å². The van der Waals surface area contributed by atoms with E-state index in [1.54, 1.807) is 11.3 Å². The fraction of sp³-hybridized carbons (Fsp3) is 0. The summed E-state index contributed by atoms with van der Waals surface area (Å²) in [6, 6.07) is 68.9. The van der Waals surface area contributed by atoms with E-state index in [0.29, 0.717) is 0 Å². The quantitative estimate of drug-likeness (QED) is 0.163. The zero-order valence-electron chi connectivity index (χ0n) is 31.6. The number of fused-ring (bicyclic) bond motifs is 12. The topological polar surface area (TPSA) is 35.9 Å². The number of rotatable bonds is 5. The van der Waals surface area contributed by atoms with E-state index >= 15 is 0 Å². The van der Waals surface area contributed by atoms with Gasteiger partial charge >= 0.3 is 0 Å². The van der Waals surface area contributed by atoms with Crippen LogP contribution in [-0.2, 0) is 0 Å². The SMILES string of the molecule is c1ccc(P(c2ccc3c(c2)c2ccccc2n3-c2ccc3oc4ccccc4c3c2)c2ccc3c(c2)c2ccccc2n3-c2ccc3sc4cccnc4c3c2)cc1. The molecular formula is C53H32N3OPS. The molecule has 0 aliphatic carbocycles. The number of furan rings is 1. The predicted octanol–water partition coefficient (Wildman–Crippen LogP) is 13.3. The third-order valence-electron chi connectivity index (χ3n) is 11.9. The lowest BCUT2D eigenvalue weighted by Gasteiger charge is -2.20. The van der Waals surface area contributed by atoms with Crippen LogP contribution in [0.15, 0.2) is 199 Å². The predicted molar refractivity (Wildman–Crippen MR) is 252 cm³/mol. The second-order valence-corrected chi connectivity index (χ2v) is 18.5. The molecule has 5 heterocycles. The summed E-state index contributed by atoms with van der Waals surface area (Å²) < 4.78 is 13.5. The summed E-state index contributed by atoms with van der Waals surface area (Å²) in [6.45, 7) is 0. The summed E-state index contributed by atoms with van der Waals surface area (Å²) in [4.78, 5) is 4.77. The molecule has 0 N–H and O–H groups in total. The van der Waals surface area contributed by atoms with Gasteiger partial charge in [-0.25, -0.2) is 0 Å². The minimum atomic E-state index is -0.905. The van der Waals surface area contributed by atoms with Crippen LogP contribution in [0.25, 0.3) is 97.2 Å². The Labute approximate surface area is 343 Å². The first-order valence-corrected chi connectivity index (χ1v) is 22.0. The average molecular weight is 790 g/mol. The molecule has 13 rings (SSSR count). The van der Waals surface area contributed by atoms with Gasteiger partial charge in [0, 0.05) is 60.0 Å². The Morgan fingerprint density at radius 1 is 0.390 bits per heavy atom. The number of aromatic nitrogens is 3. The maximum absolute atomic E-state index is 6.22. The maximum Gasteiger partial charge on any atom is 0.135 e. The normalized spacial score (nSPS) is 12.7. The summed E-state index contributed by atoms with van der Waals surface area (Å²) in [5, 5.41) is 12.4. The first-order chi connectivity index (χ1) is 29.2. The van der Waals surface area contributed by atoms with Gasteiger partial charge in [-0.2, -0.15) is 0 Å². The lowest BCUT2D eigenvalue weighted by atomic mass is 10.1. The summed E-state index contributed by atoms with van der Waals surface area (Å²) in [7, 11) is -0.905. The van der Waals surface area contributed by atoms with E-state index in [1.165, 1.54) is 74.3 Å². The van der Waals surface area contributed by atoms with E-state index in [9.17, 15) is 0 Å². The molecule has 0 radical (unpaired) electrons. The van der Waals surface area contributed by atoms with Crippen LogP contribution in [0.3, 0.4) is 0 Å². The minimum absolute atomic E-state index is 0.904. The van der Waals surface area contributed by atoms with Crippen LogP contribution in [0.5, 0.6) is 0 Å². The molecule has 276 valence electrons. The molecule has 8 aromatic carbocycles. The average Bonchev–Trinajstić information content (AvgIpc) is 4.04. The standard InChI is InChI=1S/C53H32N3OPS/c1-2-11-35(12-3-1)58(36-22-24-47-41(31-36)38-13-4-7-16-45(38)55(47)33-20-26-50-43(29-33)40-15-6-9-18-49(40)57-50)37-23-25-48-42(32-37)39-14-5-8-17-46(39)56(48)34-21-27-51-44(30-34)53-52(59-51)19-10-28-54-53/h1-32H. The molecule has 0 spiro atoms. The van der Waals surface area contributed by atoms with Crippen molar-refractivity contribution in [2.45, 2.75) is 0 Å². The highest BCUT2D eigenvalue weighted by Crippen LogP contribution is 2.41. The molecule has 0 bridgehead atoms. The summed E-state index contributed by atoms with van der Waals surface area (Å²) in [5.41, 5.74) is 9.93. The van der Waals surface area contributed by atoms with Crippen LogP contribution in [0, 0.1) is 0 Å². The van der Waals surface area contributed by atoms with Crippen LogP contribution in [0.2, 0.25) is 0 Å². The van der Waals surface area contributed by atoms with Gasteiger partial charge in [0.15, 0.2) is 0 Å². The Morgan fingerprint density at radius 3 is 1.68 bits per heavy atom. The second-order valence-electron chi connectivity index (χ2n) is 15.2. The van der Waals surface area contributed by atoms with Crippen molar-refractivity contribution in [3.05, 3.63) is 194 Å². The van der Waals surface area contributed by atoms with Gasteiger partial charge < -0.3 is 13.6 Å². The molecule has 13 aromatic rings. The van der Waals surface area contributed by atoms with Crippen molar-refractivity contribution in [2.24, 2.45) is 0 Å². The molecule has 4 nitrogen and oxygen atoms in total. The largest absolute Gasteiger partial charge is 0.456 e. The molecule has 0 saturated heterocycles. The van der Waals surface area contributed by atoms with Crippen LogP contribution in [-0.4, -0.2) is 14.1 Å². The first-order valence-electron chi connectivity index (χ1n) is 19.9.